The van der Waals surface area contributed by atoms with Crippen molar-refractivity contribution in [3.8, 4) is 0 Å². The van der Waals surface area contributed by atoms with Crippen molar-refractivity contribution in [3.05, 3.63) is 36.2 Å². The third-order valence-electron chi connectivity index (χ3n) is 5.86. The molecule has 2 aliphatic rings. The van der Waals surface area contributed by atoms with Crippen LogP contribution in [0.5, 0.6) is 0 Å². The Bertz CT molecular complexity index is 1110. The molecule has 9 nitrogen and oxygen atoms in total. The van der Waals surface area contributed by atoms with Crippen LogP contribution in [0.25, 0.3) is 5.65 Å². The van der Waals surface area contributed by atoms with Crippen molar-refractivity contribution in [2.45, 2.75) is 38.1 Å². The second kappa shape index (κ2) is 6.41. The third-order valence-corrected chi connectivity index (χ3v) is 5.86. The Morgan fingerprint density at radius 1 is 1.38 bits per heavy atom. The van der Waals surface area contributed by atoms with Gasteiger partial charge in [-0.3, -0.25) is 4.79 Å². The van der Waals surface area contributed by atoms with Crippen LogP contribution >= 0.6 is 0 Å². The number of hydrogen-bond acceptors (Lipinski definition) is 7. The number of rotatable bonds is 4. The summed E-state index contributed by atoms with van der Waals surface area (Å²) < 4.78 is 1.69. The van der Waals surface area contributed by atoms with Gasteiger partial charge >= 0.3 is 0 Å². The van der Waals surface area contributed by atoms with Gasteiger partial charge in [-0.1, -0.05) is 6.07 Å². The van der Waals surface area contributed by atoms with Crippen LogP contribution in [0.15, 0.2) is 30.6 Å². The molecular weight excluding hydrogens is 370 g/mol. The lowest BCUT2D eigenvalue weighted by molar-refractivity contribution is -0.119. The summed E-state index contributed by atoms with van der Waals surface area (Å²) in [4.78, 5) is 23.4. The fourth-order valence-electron chi connectivity index (χ4n) is 4.16. The maximum absolute atomic E-state index is 12.2. The summed E-state index contributed by atoms with van der Waals surface area (Å²) in [6.45, 7) is 4.77. The van der Waals surface area contributed by atoms with Crippen LogP contribution in [0, 0.1) is 0 Å². The zero-order valence-electron chi connectivity index (χ0n) is 16.4. The molecule has 2 aromatic heterocycles. The third kappa shape index (κ3) is 2.80. The number of aliphatic hydroxyl groups is 1. The maximum Gasteiger partial charge on any atom is 0.247 e. The van der Waals surface area contributed by atoms with Crippen molar-refractivity contribution >= 4 is 34.7 Å². The lowest BCUT2D eigenvalue weighted by atomic mass is 9.86. The molecule has 3 N–H and O–H groups in total. The van der Waals surface area contributed by atoms with Crippen LogP contribution in [0.1, 0.15) is 32.3 Å². The number of hydrogen-bond donors (Lipinski definition) is 3. The Balaban J connectivity index is 1.46. The Kier molecular flexibility index (Phi) is 3.95. The van der Waals surface area contributed by atoms with Crippen molar-refractivity contribution in [1.82, 2.24) is 19.6 Å². The lowest BCUT2D eigenvalue weighted by Gasteiger charge is -2.23. The van der Waals surface area contributed by atoms with Gasteiger partial charge in [0.2, 0.25) is 11.9 Å². The van der Waals surface area contributed by atoms with E-state index in [4.69, 9.17) is 0 Å². The van der Waals surface area contributed by atoms with Crippen molar-refractivity contribution in [2.75, 3.05) is 28.7 Å². The van der Waals surface area contributed by atoms with Gasteiger partial charge in [0.1, 0.15) is 0 Å². The van der Waals surface area contributed by atoms with Gasteiger partial charge in [0.25, 0.3) is 0 Å². The highest BCUT2D eigenvalue weighted by Crippen LogP contribution is 2.39. The van der Waals surface area contributed by atoms with E-state index in [1.807, 2.05) is 32.0 Å². The fraction of sp³-hybridized carbons (Fsp3) is 0.400. The highest BCUT2D eigenvalue weighted by atomic mass is 16.3. The number of benzene rings is 1. The molecule has 1 saturated heterocycles. The van der Waals surface area contributed by atoms with E-state index >= 15 is 0 Å². The van der Waals surface area contributed by atoms with Crippen molar-refractivity contribution in [1.29, 1.82) is 0 Å². The number of anilines is 4. The molecule has 0 bridgehead atoms. The predicted molar refractivity (Wildman–Crippen MR) is 110 cm³/mol. The number of amides is 1. The first-order valence-corrected chi connectivity index (χ1v) is 9.79. The SMILES string of the molecule is CC1(C)C(=O)Nc2cc(Nc3nc4c(N5CCCC5CO)nccn4n3)ccc21. The Labute approximate surface area is 167 Å². The van der Waals surface area contributed by atoms with E-state index in [1.165, 1.54) is 0 Å². The molecule has 0 radical (unpaired) electrons. The maximum atomic E-state index is 12.2. The summed E-state index contributed by atoms with van der Waals surface area (Å²) in [5, 5.41) is 20.3. The molecule has 29 heavy (non-hydrogen) atoms. The van der Waals surface area contributed by atoms with Gasteiger partial charge < -0.3 is 20.6 Å². The quantitative estimate of drug-likeness (QED) is 0.623. The van der Waals surface area contributed by atoms with Crippen LogP contribution in [0.4, 0.5) is 23.1 Å². The molecule has 5 rings (SSSR count). The number of carbonyl (C=O) groups is 1. The Morgan fingerprint density at radius 2 is 2.24 bits per heavy atom. The van der Waals surface area contributed by atoms with Gasteiger partial charge in [-0.2, -0.15) is 4.98 Å². The molecule has 0 spiro atoms. The second-order valence-electron chi connectivity index (χ2n) is 8.09. The predicted octanol–water partition coefficient (Wildman–Crippen LogP) is 2.06. The molecule has 1 atom stereocenters. The Hall–Kier alpha value is -3.20. The number of nitrogens with one attached hydrogen (secondary N) is 2. The van der Waals surface area contributed by atoms with E-state index in [0.29, 0.717) is 11.6 Å². The summed E-state index contributed by atoms with van der Waals surface area (Å²) in [6, 6.07) is 5.84. The van der Waals surface area contributed by atoms with Gasteiger partial charge in [-0.15, -0.1) is 5.10 Å². The Morgan fingerprint density at radius 3 is 3.07 bits per heavy atom. The molecule has 1 unspecified atom stereocenters. The van der Waals surface area contributed by atoms with Crippen molar-refractivity contribution in [2.24, 2.45) is 0 Å². The summed E-state index contributed by atoms with van der Waals surface area (Å²) in [5.74, 6) is 1.17. The number of aliphatic hydroxyl groups excluding tert-OH is 1. The molecule has 0 aliphatic carbocycles. The average Bonchev–Trinajstić information content (AvgIpc) is 3.38. The van der Waals surface area contributed by atoms with Crippen LogP contribution in [0.2, 0.25) is 0 Å². The van der Waals surface area contributed by atoms with Crippen LogP contribution in [-0.4, -0.2) is 49.8 Å². The van der Waals surface area contributed by atoms with Crippen LogP contribution in [-0.2, 0) is 10.2 Å². The van der Waals surface area contributed by atoms with E-state index in [2.05, 4.69) is 30.6 Å². The number of fused-ring (bicyclic) bond motifs is 2. The first kappa shape index (κ1) is 17.9. The van der Waals surface area contributed by atoms with Crippen LogP contribution in [0.3, 0.4) is 0 Å². The monoisotopic (exact) mass is 393 g/mol. The van der Waals surface area contributed by atoms with E-state index in [9.17, 15) is 9.90 Å². The van der Waals surface area contributed by atoms with E-state index < -0.39 is 5.41 Å². The molecule has 3 aromatic rings. The zero-order valence-corrected chi connectivity index (χ0v) is 16.4. The standard InChI is InChI=1S/C20H23N7O2/c1-20(2)14-6-5-12(10-15(14)23-18(20)29)22-19-24-17-16(21-7-9-27(17)25-19)26-8-3-4-13(26)11-28/h5-7,9-10,13,28H,3-4,8,11H2,1-2H3,(H,22,25)(H,23,29). The van der Waals surface area contributed by atoms with Gasteiger partial charge in [-0.05, 0) is 44.4 Å². The lowest BCUT2D eigenvalue weighted by Crippen LogP contribution is -2.33. The molecule has 1 aromatic carbocycles. The second-order valence-corrected chi connectivity index (χ2v) is 8.09. The topological polar surface area (TPSA) is 108 Å². The van der Waals surface area contributed by atoms with Gasteiger partial charge in [0.15, 0.2) is 11.5 Å². The molecule has 0 saturated carbocycles. The van der Waals surface area contributed by atoms with Crippen molar-refractivity contribution in [3.63, 3.8) is 0 Å². The van der Waals surface area contributed by atoms with Gasteiger partial charge in [0.05, 0.1) is 18.1 Å². The molecule has 9 heteroatoms. The minimum absolute atomic E-state index is 0.00438. The molecular formula is C20H23N7O2. The van der Waals surface area contributed by atoms with E-state index in [-0.39, 0.29) is 18.6 Å². The number of aromatic nitrogens is 4. The molecule has 2 aliphatic heterocycles. The largest absolute Gasteiger partial charge is 0.394 e. The summed E-state index contributed by atoms with van der Waals surface area (Å²) in [5.41, 5.74) is 2.69. The number of carbonyl (C=O) groups excluding carboxylic acids is 1. The molecule has 4 heterocycles. The molecule has 1 fully saturated rings. The molecule has 150 valence electrons. The average molecular weight is 393 g/mol. The van der Waals surface area contributed by atoms with E-state index in [1.54, 1.807) is 16.9 Å². The zero-order chi connectivity index (χ0) is 20.2. The van der Waals surface area contributed by atoms with Gasteiger partial charge in [-0.25, -0.2) is 9.50 Å². The first-order chi connectivity index (χ1) is 14.0. The normalized spacial score (nSPS) is 20.2. The van der Waals surface area contributed by atoms with Gasteiger partial charge in [0, 0.05) is 30.3 Å². The smallest absolute Gasteiger partial charge is 0.247 e. The number of nitrogens with zero attached hydrogens (tertiary/aromatic N) is 5. The highest BCUT2D eigenvalue weighted by molar-refractivity contribution is 6.06. The van der Waals surface area contributed by atoms with Crippen LogP contribution < -0.4 is 15.5 Å². The summed E-state index contributed by atoms with van der Waals surface area (Å²) in [6.07, 6.45) is 5.41. The minimum atomic E-state index is -0.533. The fourth-order valence-corrected chi connectivity index (χ4v) is 4.16. The molecule has 1 amide bonds. The van der Waals surface area contributed by atoms with E-state index in [0.717, 1.165) is 42.1 Å². The summed E-state index contributed by atoms with van der Waals surface area (Å²) in [7, 11) is 0. The van der Waals surface area contributed by atoms with Crippen molar-refractivity contribution < 1.29 is 9.90 Å². The first-order valence-electron chi connectivity index (χ1n) is 9.79. The highest BCUT2D eigenvalue weighted by Gasteiger charge is 2.38. The minimum Gasteiger partial charge on any atom is -0.394 e. The summed E-state index contributed by atoms with van der Waals surface area (Å²) >= 11 is 0.